The van der Waals surface area contributed by atoms with Gasteiger partial charge < -0.3 is 9.47 Å². The molecule has 4 rings (SSSR count). The van der Waals surface area contributed by atoms with Crippen molar-refractivity contribution in [3.63, 3.8) is 0 Å². The van der Waals surface area contributed by atoms with Gasteiger partial charge in [0.1, 0.15) is 18.1 Å². The van der Waals surface area contributed by atoms with Crippen molar-refractivity contribution in [3.05, 3.63) is 108 Å². The molecule has 0 heterocycles. The van der Waals surface area contributed by atoms with E-state index in [0.29, 0.717) is 24.5 Å². The van der Waals surface area contributed by atoms with E-state index in [1.54, 1.807) is 30.5 Å². The molecule has 0 atom stereocenters. The monoisotopic (exact) mass is 424 g/mol. The van der Waals surface area contributed by atoms with E-state index in [1.165, 1.54) is 10.8 Å². The minimum Gasteiger partial charge on any atom is -0.494 e. The molecule has 0 aliphatic rings. The van der Waals surface area contributed by atoms with Gasteiger partial charge in [0.15, 0.2) is 0 Å². The molecule has 5 heteroatoms. The zero-order valence-electron chi connectivity index (χ0n) is 17.8. The number of nitrogens with zero attached hydrogens (tertiary/aromatic N) is 1. The molecule has 0 saturated heterocycles. The van der Waals surface area contributed by atoms with Crippen LogP contribution in [0.2, 0.25) is 0 Å². The molecule has 0 saturated carbocycles. The van der Waals surface area contributed by atoms with Crippen molar-refractivity contribution in [2.75, 3.05) is 6.61 Å². The standard InChI is InChI=1S/C27H24N2O3/c1-2-31-24-16-14-21(15-17-24)27(30)29-28-18-22-9-4-6-13-26(22)32-19-23-11-7-10-20-8-3-5-12-25(20)23/h3-18H,2,19H2,1H3,(H,29,30)/b28-18+. The van der Waals surface area contributed by atoms with Crippen LogP contribution in [0.15, 0.2) is 96.1 Å². The summed E-state index contributed by atoms with van der Waals surface area (Å²) in [5.74, 6) is 1.13. The van der Waals surface area contributed by atoms with Crippen molar-refractivity contribution in [3.8, 4) is 11.5 Å². The SMILES string of the molecule is CCOc1ccc(C(=O)N/N=C/c2ccccc2OCc2cccc3ccccc23)cc1. The highest BCUT2D eigenvalue weighted by molar-refractivity contribution is 5.95. The van der Waals surface area contributed by atoms with E-state index >= 15 is 0 Å². The first-order valence-electron chi connectivity index (χ1n) is 10.5. The number of para-hydroxylation sites is 1. The summed E-state index contributed by atoms with van der Waals surface area (Å²) in [6.07, 6.45) is 1.59. The molecule has 0 spiro atoms. The Labute approximate surface area is 187 Å². The first-order valence-corrected chi connectivity index (χ1v) is 10.5. The zero-order chi connectivity index (χ0) is 22.2. The van der Waals surface area contributed by atoms with Crippen molar-refractivity contribution in [2.24, 2.45) is 5.10 Å². The molecular formula is C27H24N2O3. The predicted octanol–water partition coefficient (Wildman–Crippen LogP) is 5.58. The lowest BCUT2D eigenvalue weighted by Crippen LogP contribution is -2.17. The van der Waals surface area contributed by atoms with Crippen molar-refractivity contribution in [1.82, 2.24) is 5.43 Å². The molecular weight excluding hydrogens is 400 g/mol. The van der Waals surface area contributed by atoms with Gasteiger partial charge in [-0.1, -0.05) is 54.6 Å². The molecule has 0 unspecified atom stereocenters. The third-order valence-electron chi connectivity index (χ3n) is 4.98. The van der Waals surface area contributed by atoms with E-state index in [2.05, 4.69) is 34.8 Å². The van der Waals surface area contributed by atoms with Gasteiger partial charge >= 0.3 is 0 Å². The van der Waals surface area contributed by atoms with E-state index in [-0.39, 0.29) is 5.91 Å². The van der Waals surface area contributed by atoms with Crippen molar-refractivity contribution in [2.45, 2.75) is 13.5 Å². The lowest BCUT2D eigenvalue weighted by molar-refractivity contribution is 0.0955. The second-order valence-electron chi connectivity index (χ2n) is 7.12. The Morgan fingerprint density at radius 2 is 1.62 bits per heavy atom. The van der Waals surface area contributed by atoms with Crippen LogP contribution in [0.3, 0.4) is 0 Å². The Hall–Kier alpha value is -4.12. The molecule has 1 amide bonds. The Morgan fingerprint density at radius 1 is 0.875 bits per heavy atom. The minimum atomic E-state index is -0.293. The maximum absolute atomic E-state index is 12.3. The summed E-state index contributed by atoms with van der Waals surface area (Å²) >= 11 is 0. The average Bonchev–Trinajstić information content (AvgIpc) is 2.84. The number of carbonyl (C=O) groups excluding carboxylic acids is 1. The molecule has 5 nitrogen and oxygen atoms in total. The van der Waals surface area contributed by atoms with Crippen LogP contribution in [-0.4, -0.2) is 18.7 Å². The number of nitrogens with one attached hydrogen (secondary N) is 1. The van der Waals surface area contributed by atoms with Crippen LogP contribution in [0.4, 0.5) is 0 Å². The number of hydrazone groups is 1. The van der Waals surface area contributed by atoms with Gasteiger partial charge in [0.05, 0.1) is 12.8 Å². The van der Waals surface area contributed by atoms with Gasteiger partial charge in [0, 0.05) is 11.1 Å². The molecule has 0 fully saturated rings. The number of carbonyl (C=O) groups is 1. The van der Waals surface area contributed by atoms with Crippen molar-refractivity contribution >= 4 is 22.9 Å². The largest absolute Gasteiger partial charge is 0.494 e. The third-order valence-corrected chi connectivity index (χ3v) is 4.98. The van der Waals surface area contributed by atoms with E-state index in [9.17, 15) is 4.79 Å². The maximum Gasteiger partial charge on any atom is 0.271 e. The fourth-order valence-electron chi connectivity index (χ4n) is 3.39. The van der Waals surface area contributed by atoms with E-state index < -0.39 is 0 Å². The summed E-state index contributed by atoms with van der Waals surface area (Å²) in [5, 5.41) is 6.46. The molecule has 4 aromatic carbocycles. The molecule has 0 aliphatic heterocycles. The van der Waals surface area contributed by atoms with E-state index in [1.807, 2.05) is 49.4 Å². The van der Waals surface area contributed by atoms with Gasteiger partial charge in [-0.3, -0.25) is 4.79 Å². The molecule has 160 valence electrons. The number of fused-ring (bicyclic) bond motifs is 1. The number of amides is 1. The summed E-state index contributed by atoms with van der Waals surface area (Å²) < 4.78 is 11.5. The van der Waals surface area contributed by atoms with Gasteiger partial charge in [0.2, 0.25) is 0 Å². The lowest BCUT2D eigenvalue weighted by Gasteiger charge is -2.11. The normalized spacial score (nSPS) is 10.9. The van der Waals surface area contributed by atoms with Crippen LogP contribution in [0.25, 0.3) is 10.8 Å². The zero-order valence-corrected chi connectivity index (χ0v) is 17.8. The summed E-state index contributed by atoms with van der Waals surface area (Å²) in [6.45, 7) is 2.93. The highest BCUT2D eigenvalue weighted by Gasteiger charge is 2.06. The van der Waals surface area contributed by atoms with E-state index in [0.717, 1.165) is 16.9 Å². The van der Waals surface area contributed by atoms with Crippen LogP contribution in [0.5, 0.6) is 11.5 Å². The van der Waals surface area contributed by atoms with Gasteiger partial charge in [0.25, 0.3) is 5.91 Å². The highest BCUT2D eigenvalue weighted by Crippen LogP contribution is 2.22. The van der Waals surface area contributed by atoms with Crippen LogP contribution < -0.4 is 14.9 Å². The Balaban J connectivity index is 1.41. The first-order chi connectivity index (χ1) is 15.7. The number of hydrogen-bond donors (Lipinski definition) is 1. The van der Waals surface area contributed by atoms with Crippen molar-refractivity contribution < 1.29 is 14.3 Å². The second-order valence-corrected chi connectivity index (χ2v) is 7.12. The summed E-state index contributed by atoms with van der Waals surface area (Å²) in [6, 6.07) is 29.0. The van der Waals surface area contributed by atoms with Crippen LogP contribution in [0, 0.1) is 0 Å². The Kier molecular flexibility index (Phi) is 6.78. The number of hydrogen-bond acceptors (Lipinski definition) is 4. The van der Waals surface area contributed by atoms with Gasteiger partial charge in [-0.15, -0.1) is 0 Å². The van der Waals surface area contributed by atoms with E-state index in [4.69, 9.17) is 9.47 Å². The number of ether oxygens (including phenoxy) is 2. The third kappa shape index (κ3) is 5.13. The highest BCUT2D eigenvalue weighted by atomic mass is 16.5. The number of rotatable bonds is 8. The molecule has 4 aromatic rings. The Bertz CT molecular complexity index is 1230. The number of benzene rings is 4. The molecule has 32 heavy (non-hydrogen) atoms. The molecule has 0 radical (unpaired) electrons. The predicted molar refractivity (Wildman–Crippen MR) is 127 cm³/mol. The van der Waals surface area contributed by atoms with Gasteiger partial charge in [-0.2, -0.15) is 5.10 Å². The molecule has 0 aliphatic carbocycles. The lowest BCUT2D eigenvalue weighted by atomic mass is 10.1. The second kappa shape index (κ2) is 10.3. The van der Waals surface area contributed by atoms with Gasteiger partial charge in [-0.25, -0.2) is 5.43 Å². The molecule has 0 bridgehead atoms. The topological polar surface area (TPSA) is 59.9 Å². The molecule has 1 N–H and O–H groups in total. The van der Waals surface area contributed by atoms with Crippen LogP contribution in [0.1, 0.15) is 28.4 Å². The van der Waals surface area contributed by atoms with Crippen LogP contribution >= 0.6 is 0 Å². The summed E-state index contributed by atoms with van der Waals surface area (Å²) in [5.41, 5.74) is 4.95. The fraction of sp³-hybridized carbons (Fsp3) is 0.111. The average molecular weight is 425 g/mol. The summed E-state index contributed by atoms with van der Waals surface area (Å²) in [7, 11) is 0. The van der Waals surface area contributed by atoms with Crippen LogP contribution in [-0.2, 0) is 6.61 Å². The van der Waals surface area contributed by atoms with Crippen molar-refractivity contribution in [1.29, 1.82) is 0 Å². The maximum atomic E-state index is 12.3. The summed E-state index contributed by atoms with van der Waals surface area (Å²) in [4.78, 5) is 12.3. The first kappa shape index (κ1) is 21.1. The van der Waals surface area contributed by atoms with Gasteiger partial charge in [-0.05, 0) is 59.7 Å². The quantitative estimate of drug-likeness (QED) is 0.297. The smallest absolute Gasteiger partial charge is 0.271 e. The molecule has 0 aromatic heterocycles. The minimum absolute atomic E-state index is 0.293. The Morgan fingerprint density at radius 3 is 2.47 bits per heavy atom. The fourth-order valence-corrected chi connectivity index (χ4v) is 3.39.